The molecule has 0 bridgehead atoms. The Labute approximate surface area is 163 Å². The van der Waals surface area contributed by atoms with Crippen molar-refractivity contribution in [2.75, 3.05) is 24.6 Å². The quantitative estimate of drug-likeness (QED) is 0.564. The van der Waals surface area contributed by atoms with Gasteiger partial charge in [0.15, 0.2) is 11.5 Å². The fraction of sp³-hybridized carbons (Fsp3) is 0.278. The molecule has 4 aromatic heterocycles. The average molecular weight is 398 g/mol. The molecule has 0 radical (unpaired) electrons. The Bertz CT molecular complexity index is 1130. The lowest BCUT2D eigenvalue weighted by molar-refractivity contribution is 0.0395. The summed E-state index contributed by atoms with van der Waals surface area (Å²) in [6.45, 7) is 1.84. The van der Waals surface area contributed by atoms with Crippen molar-refractivity contribution < 1.29 is 13.5 Å². The maximum atomic E-state index is 13.0. The zero-order chi connectivity index (χ0) is 19.8. The van der Waals surface area contributed by atoms with Crippen LogP contribution in [0.1, 0.15) is 23.8 Å². The van der Waals surface area contributed by atoms with Crippen molar-refractivity contribution in [3.8, 4) is 11.5 Å². The molecule has 1 aliphatic heterocycles. The predicted molar refractivity (Wildman–Crippen MR) is 98.5 cm³/mol. The molecule has 5 heterocycles. The van der Waals surface area contributed by atoms with Gasteiger partial charge in [-0.15, -0.1) is 0 Å². The minimum atomic E-state index is -2.67. The molecule has 0 aromatic carbocycles. The third kappa shape index (κ3) is 3.29. The Morgan fingerprint density at radius 2 is 2.10 bits per heavy atom. The number of aromatic amines is 1. The van der Waals surface area contributed by atoms with Crippen molar-refractivity contribution in [1.82, 2.24) is 34.5 Å². The van der Waals surface area contributed by atoms with Gasteiger partial charge in [0.05, 0.1) is 25.2 Å². The van der Waals surface area contributed by atoms with Crippen LogP contribution in [0.2, 0.25) is 0 Å². The van der Waals surface area contributed by atoms with Gasteiger partial charge in [0, 0.05) is 37.2 Å². The number of hydrogen-bond acceptors (Lipinski definition) is 7. The van der Waals surface area contributed by atoms with Gasteiger partial charge in [-0.2, -0.15) is 5.10 Å². The molecule has 0 spiro atoms. The first-order chi connectivity index (χ1) is 14.2. The summed E-state index contributed by atoms with van der Waals surface area (Å²) in [5.74, 6) is 1.12. The van der Waals surface area contributed by atoms with Crippen LogP contribution >= 0.6 is 0 Å². The molecular formula is C18H16F2N8O. The highest BCUT2D eigenvalue weighted by Gasteiger charge is 2.24. The molecule has 0 amide bonds. The van der Waals surface area contributed by atoms with Gasteiger partial charge in [-0.1, -0.05) is 0 Å². The van der Waals surface area contributed by atoms with Crippen LogP contribution in [0, 0.1) is 0 Å². The molecule has 5 rings (SSSR count). The molecule has 11 heteroatoms. The molecule has 0 saturated carbocycles. The molecule has 0 aliphatic carbocycles. The Morgan fingerprint density at radius 1 is 1.17 bits per heavy atom. The topological polar surface area (TPSA) is 97.1 Å². The first kappa shape index (κ1) is 17.6. The van der Waals surface area contributed by atoms with Crippen molar-refractivity contribution in [2.45, 2.75) is 12.5 Å². The molecule has 1 unspecified atom stereocenters. The van der Waals surface area contributed by atoms with Gasteiger partial charge < -0.3 is 9.64 Å². The highest BCUT2D eigenvalue weighted by molar-refractivity contribution is 5.58. The van der Waals surface area contributed by atoms with Crippen LogP contribution in [0.15, 0.2) is 43.2 Å². The van der Waals surface area contributed by atoms with E-state index in [0.29, 0.717) is 36.9 Å². The first-order valence-electron chi connectivity index (χ1n) is 8.99. The summed E-state index contributed by atoms with van der Waals surface area (Å²) in [5, 5.41) is 6.77. The van der Waals surface area contributed by atoms with Crippen LogP contribution in [0.3, 0.4) is 0 Å². The molecule has 29 heavy (non-hydrogen) atoms. The third-order valence-corrected chi connectivity index (χ3v) is 4.79. The van der Waals surface area contributed by atoms with Crippen molar-refractivity contribution in [2.24, 2.45) is 0 Å². The lowest BCUT2D eigenvalue weighted by Gasteiger charge is -2.33. The van der Waals surface area contributed by atoms with E-state index in [1.54, 1.807) is 18.6 Å². The number of imidazole rings is 1. The molecule has 9 nitrogen and oxygen atoms in total. The molecule has 1 N–H and O–H groups in total. The van der Waals surface area contributed by atoms with Crippen molar-refractivity contribution in [3.63, 3.8) is 0 Å². The number of aromatic nitrogens is 7. The fourth-order valence-corrected chi connectivity index (χ4v) is 3.33. The number of hydrogen-bond donors (Lipinski definition) is 1. The van der Waals surface area contributed by atoms with Crippen LogP contribution in [0.25, 0.3) is 17.2 Å². The Kier molecular flexibility index (Phi) is 4.35. The van der Waals surface area contributed by atoms with E-state index >= 15 is 0 Å². The number of rotatable bonds is 4. The average Bonchev–Trinajstić information content (AvgIpc) is 3.43. The van der Waals surface area contributed by atoms with Gasteiger partial charge in [0.25, 0.3) is 6.43 Å². The Hall–Kier alpha value is -3.47. The highest BCUT2D eigenvalue weighted by Crippen LogP contribution is 2.26. The maximum Gasteiger partial charge on any atom is 0.281 e. The zero-order valence-corrected chi connectivity index (χ0v) is 15.1. The van der Waals surface area contributed by atoms with E-state index in [1.165, 1.54) is 16.8 Å². The summed E-state index contributed by atoms with van der Waals surface area (Å²) in [4.78, 5) is 19.0. The van der Waals surface area contributed by atoms with Gasteiger partial charge in [-0.25, -0.2) is 28.7 Å². The normalized spacial score (nSPS) is 17.3. The highest BCUT2D eigenvalue weighted by atomic mass is 19.3. The zero-order valence-electron chi connectivity index (χ0n) is 15.1. The lowest BCUT2D eigenvalue weighted by atomic mass is 10.1. The van der Waals surface area contributed by atoms with E-state index in [0.717, 1.165) is 11.4 Å². The molecule has 1 fully saturated rings. The molecule has 4 aromatic rings. The minimum Gasteiger partial charge on any atom is -0.370 e. The number of ether oxygens (including phenoxy) is 1. The summed E-state index contributed by atoms with van der Waals surface area (Å²) >= 11 is 0. The monoisotopic (exact) mass is 398 g/mol. The van der Waals surface area contributed by atoms with E-state index < -0.39 is 6.43 Å². The number of fused-ring (bicyclic) bond motifs is 1. The third-order valence-electron chi connectivity index (χ3n) is 4.79. The largest absolute Gasteiger partial charge is 0.370 e. The van der Waals surface area contributed by atoms with Crippen LogP contribution in [0.5, 0.6) is 0 Å². The number of morpholine rings is 1. The molecule has 1 saturated heterocycles. The van der Waals surface area contributed by atoms with Crippen molar-refractivity contribution in [1.29, 1.82) is 0 Å². The fourth-order valence-electron chi connectivity index (χ4n) is 3.33. The molecule has 1 aliphatic rings. The number of alkyl halides is 2. The summed E-state index contributed by atoms with van der Waals surface area (Å²) in [6.07, 6.45) is 6.55. The van der Waals surface area contributed by atoms with E-state index in [-0.39, 0.29) is 11.8 Å². The number of nitrogens with one attached hydrogen (secondary N) is 1. The second kappa shape index (κ2) is 7.17. The summed E-state index contributed by atoms with van der Waals surface area (Å²) in [5.41, 5.74) is 1.61. The van der Waals surface area contributed by atoms with Crippen LogP contribution < -0.4 is 4.90 Å². The second-order valence-electron chi connectivity index (χ2n) is 6.56. The number of nitrogens with zero attached hydrogens (tertiary/aromatic N) is 7. The number of halogens is 2. The second-order valence-corrected chi connectivity index (χ2v) is 6.56. The Morgan fingerprint density at radius 3 is 2.93 bits per heavy atom. The maximum absolute atomic E-state index is 13.0. The minimum absolute atomic E-state index is 0.114. The summed E-state index contributed by atoms with van der Waals surface area (Å²) in [7, 11) is 0. The van der Waals surface area contributed by atoms with Gasteiger partial charge in [0.1, 0.15) is 23.3 Å². The van der Waals surface area contributed by atoms with Crippen molar-refractivity contribution in [3.05, 3.63) is 54.5 Å². The lowest BCUT2D eigenvalue weighted by Crippen LogP contribution is -2.38. The van der Waals surface area contributed by atoms with Crippen molar-refractivity contribution >= 4 is 11.5 Å². The first-order valence-corrected chi connectivity index (χ1v) is 8.99. The van der Waals surface area contributed by atoms with Crippen LogP contribution in [0.4, 0.5) is 14.6 Å². The Balaban J connectivity index is 1.47. The standard InChI is InChI=1S/C18H16F2N8O/c19-17(20)12-9-28-13(7-23-16(28)8-22-12)18-21-2-1-15(26-18)27-3-4-29-14(10-27)11-5-24-25-6-11/h1-2,5-9,14,17H,3-4,10H2,(H,24,25). The number of anilines is 1. The molecule has 1 atom stereocenters. The SMILES string of the molecule is FC(F)c1cn2c(-c3nccc(N4CCOC(c5cn[nH]c5)C4)n3)cnc2cn1. The van der Waals surface area contributed by atoms with Crippen LogP contribution in [-0.4, -0.2) is 54.2 Å². The van der Waals surface area contributed by atoms with Gasteiger partial charge >= 0.3 is 0 Å². The predicted octanol–water partition coefficient (Wildman–Crippen LogP) is 2.42. The van der Waals surface area contributed by atoms with E-state index in [2.05, 4.69) is 35.0 Å². The summed E-state index contributed by atoms with van der Waals surface area (Å²) in [6, 6.07) is 1.82. The van der Waals surface area contributed by atoms with Gasteiger partial charge in [0.2, 0.25) is 0 Å². The molecule has 148 valence electrons. The van der Waals surface area contributed by atoms with E-state index in [4.69, 9.17) is 4.74 Å². The van der Waals surface area contributed by atoms with E-state index in [1.807, 2.05) is 12.3 Å². The smallest absolute Gasteiger partial charge is 0.281 e. The molecular weight excluding hydrogens is 382 g/mol. The number of H-pyrrole nitrogens is 1. The summed E-state index contributed by atoms with van der Waals surface area (Å²) < 4.78 is 33.4. The van der Waals surface area contributed by atoms with Crippen LogP contribution in [-0.2, 0) is 4.74 Å². The van der Waals surface area contributed by atoms with Gasteiger partial charge in [-0.05, 0) is 6.07 Å². The van der Waals surface area contributed by atoms with E-state index in [9.17, 15) is 8.78 Å². The van der Waals surface area contributed by atoms with Gasteiger partial charge in [-0.3, -0.25) is 9.50 Å².